The van der Waals surface area contributed by atoms with Crippen LogP contribution >= 0.6 is 0 Å². The number of nitrogens with one attached hydrogen (secondary N) is 1. The van der Waals surface area contributed by atoms with Crippen molar-refractivity contribution in [3.63, 3.8) is 0 Å². The number of carbonyl (C=O) groups excluding carboxylic acids is 1. The van der Waals surface area contributed by atoms with E-state index in [0.29, 0.717) is 6.42 Å². The third kappa shape index (κ3) is 4.92. The molecule has 0 bridgehead atoms. The highest BCUT2D eigenvalue weighted by molar-refractivity contribution is 7.91. The molecule has 0 heterocycles. The molecule has 7 heteroatoms. The fraction of sp³-hybridized carbons (Fsp3) is 0.263. The number of sulfone groups is 1. The number of carboxylic acid groups (broad SMARTS) is 1. The first kappa shape index (κ1) is 19.7. The SMILES string of the molecule is CCS(=O)(=O)c1ccc(CCC(=O)Nc2ccc(C)cc2C(=O)O)cc1. The van der Waals surface area contributed by atoms with Crippen molar-refractivity contribution in [2.24, 2.45) is 0 Å². The molecule has 2 N–H and O–H groups in total. The van der Waals surface area contributed by atoms with Gasteiger partial charge in [-0.25, -0.2) is 13.2 Å². The second-order valence-electron chi connectivity index (χ2n) is 5.95. The Morgan fingerprint density at radius 3 is 2.31 bits per heavy atom. The summed E-state index contributed by atoms with van der Waals surface area (Å²) >= 11 is 0. The Balaban J connectivity index is 2.01. The van der Waals surface area contributed by atoms with Crippen LogP contribution in [0.3, 0.4) is 0 Å². The quantitative estimate of drug-likeness (QED) is 0.775. The van der Waals surface area contributed by atoms with Crippen molar-refractivity contribution in [2.45, 2.75) is 31.6 Å². The van der Waals surface area contributed by atoms with Crippen LogP contribution in [0, 0.1) is 6.92 Å². The third-order valence-corrected chi connectivity index (χ3v) is 5.73. The number of rotatable bonds is 7. The van der Waals surface area contributed by atoms with Crippen LogP contribution in [-0.2, 0) is 21.1 Å². The van der Waals surface area contributed by atoms with E-state index in [0.717, 1.165) is 11.1 Å². The van der Waals surface area contributed by atoms with Gasteiger partial charge < -0.3 is 10.4 Å². The molecule has 138 valence electrons. The molecule has 2 aromatic rings. The molecule has 0 aromatic heterocycles. The lowest BCUT2D eigenvalue weighted by Gasteiger charge is -2.09. The Bertz CT molecular complexity index is 917. The number of anilines is 1. The van der Waals surface area contributed by atoms with Crippen LogP contribution in [0.5, 0.6) is 0 Å². The maximum Gasteiger partial charge on any atom is 0.337 e. The zero-order chi connectivity index (χ0) is 19.3. The van der Waals surface area contributed by atoms with Gasteiger partial charge in [-0.05, 0) is 43.2 Å². The Labute approximate surface area is 152 Å². The summed E-state index contributed by atoms with van der Waals surface area (Å²) in [6.45, 7) is 3.37. The van der Waals surface area contributed by atoms with E-state index in [-0.39, 0.29) is 34.2 Å². The number of carbonyl (C=O) groups is 2. The summed E-state index contributed by atoms with van der Waals surface area (Å²) in [5.41, 5.74) is 1.94. The van der Waals surface area contributed by atoms with Crippen LogP contribution < -0.4 is 5.32 Å². The van der Waals surface area contributed by atoms with Gasteiger partial charge in [0.1, 0.15) is 0 Å². The summed E-state index contributed by atoms with van der Waals surface area (Å²) in [5.74, 6) is -1.37. The number of hydrogen-bond acceptors (Lipinski definition) is 4. The van der Waals surface area contributed by atoms with Crippen LogP contribution in [0.1, 0.15) is 34.8 Å². The van der Waals surface area contributed by atoms with E-state index in [1.165, 1.54) is 18.2 Å². The van der Waals surface area contributed by atoms with E-state index in [9.17, 15) is 23.1 Å². The van der Waals surface area contributed by atoms with Crippen molar-refractivity contribution in [2.75, 3.05) is 11.1 Å². The minimum Gasteiger partial charge on any atom is -0.478 e. The van der Waals surface area contributed by atoms with E-state index in [1.807, 2.05) is 0 Å². The molecule has 0 aliphatic heterocycles. The molecule has 0 spiro atoms. The molecular weight excluding hydrogens is 354 g/mol. The first-order valence-corrected chi connectivity index (χ1v) is 9.83. The molecule has 2 aromatic carbocycles. The molecule has 0 aliphatic rings. The highest BCUT2D eigenvalue weighted by atomic mass is 32.2. The predicted octanol–water partition coefficient (Wildman–Crippen LogP) is 3.06. The van der Waals surface area contributed by atoms with Gasteiger partial charge in [0.25, 0.3) is 0 Å². The van der Waals surface area contributed by atoms with Crippen LogP contribution in [0.2, 0.25) is 0 Å². The lowest BCUT2D eigenvalue weighted by molar-refractivity contribution is -0.116. The molecule has 0 unspecified atom stereocenters. The van der Waals surface area contributed by atoms with Crippen molar-refractivity contribution in [3.8, 4) is 0 Å². The van der Waals surface area contributed by atoms with Gasteiger partial charge in [-0.15, -0.1) is 0 Å². The summed E-state index contributed by atoms with van der Waals surface area (Å²) in [5, 5.41) is 11.8. The Kier molecular flexibility index (Phi) is 6.15. The second kappa shape index (κ2) is 8.14. The van der Waals surface area contributed by atoms with Crippen LogP contribution in [-0.4, -0.2) is 31.2 Å². The second-order valence-corrected chi connectivity index (χ2v) is 8.23. The van der Waals surface area contributed by atoms with E-state index in [4.69, 9.17) is 0 Å². The Morgan fingerprint density at radius 1 is 1.08 bits per heavy atom. The van der Waals surface area contributed by atoms with E-state index < -0.39 is 15.8 Å². The molecule has 6 nitrogen and oxygen atoms in total. The standard InChI is InChI=1S/C19H21NO5S/c1-3-26(24,25)15-8-5-14(6-9-15)7-11-18(21)20-17-10-4-13(2)12-16(17)19(22)23/h4-6,8-10,12H,3,7,11H2,1-2H3,(H,20,21)(H,22,23). The first-order valence-electron chi connectivity index (χ1n) is 8.18. The molecule has 0 fully saturated rings. The highest BCUT2D eigenvalue weighted by Gasteiger charge is 2.14. The fourth-order valence-corrected chi connectivity index (χ4v) is 3.33. The maximum atomic E-state index is 12.1. The highest BCUT2D eigenvalue weighted by Crippen LogP contribution is 2.18. The zero-order valence-electron chi connectivity index (χ0n) is 14.7. The average Bonchev–Trinajstić information content (AvgIpc) is 2.61. The number of amides is 1. The lowest BCUT2D eigenvalue weighted by Crippen LogP contribution is -2.15. The molecule has 0 saturated carbocycles. The number of hydrogen-bond donors (Lipinski definition) is 2. The minimum absolute atomic E-state index is 0.0389. The predicted molar refractivity (Wildman–Crippen MR) is 99.3 cm³/mol. The van der Waals surface area contributed by atoms with Gasteiger partial charge >= 0.3 is 5.97 Å². The summed E-state index contributed by atoms with van der Waals surface area (Å²) in [6, 6.07) is 11.2. The maximum absolute atomic E-state index is 12.1. The zero-order valence-corrected chi connectivity index (χ0v) is 15.5. The number of aromatic carboxylic acids is 1. The average molecular weight is 375 g/mol. The van der Waals surface area contributed by atoms with Crippen LogP contribution in [0.4, 0.5) is 5.69 Å². The molecule has 2 rings (SSSR count). The molecule has 26 heavy (non-hydrogen) atoms. The Hall–Kier alpha value is -2.67. The molecular formula is C19H21NO5S. The van der Waals surface area contributed by atoms with Gasteiger partial charge in [0.05, 0.1) is 21.9 Å². The van der Waals surface area contributed by atoms with E-state index in [2.05, 4.69) is 5.32 Å². The summed E-state index contributed by atoms with van der Waals surface area (Å²) in [4.78, 5) is 23.7. The van der Waals surface area contributed by atoms with Crippen LogP contribution in [0.15, 0.2) is 47.4 Å². The van der Waals surface area contributed by atoms with Gasteiger partial charge in [-0.3, -0.25) is 4.79 Å². The lowest BCUT2D eigenvalue weighted by atomic mass is 10.1. The number of carboxylic acids is 1. The van der Waals surface area contributed by atoms with Gasteiger partial charge in [-0.2, -0.15) is 0 Å². The van der Waals surface area contributed by atoms with Crippen molar-refractivity contribution in [3.05, 3.63) is 59.2 Å². The first-order chi connectivity index (χ1) is 12.2. The van der Waals surface area contributed by atoms with Gasteiger partial charge in [-0.1, -0.05) is 30.7 Å². The van der Waals surface area contributed by atoms with Gasteiger partial charge in [0, 0.05) is 6.42 Å². The normalized spacial score (nSPS) is 11.2. The van der Waals surface area contributed by atoms with Crippen molar-refractivity contribution in [1.82, 2.24) is 0 Å². The summed E-state index contributed by atoms with van der Waals surface area (Å²) in [6.07, 6.45) is 0.583. The fourth-order valence-electron chi connectivity index (χ4n) is 2.44. The number of benzene rings is 2. The largest absolute Gasteiger partial charge is 0.478 e. The van der Waals surface area contributed by atoms with Gasteiger partial charge in [0.15, 0.2) is 9.84 Å². The minimum atomic E-state index is -3.24. The molecule has 0 radical (unpaired) electrons. The van der Waals surface area contributed by atoms with Crippen molar-refractivity contribution < 1.29 is 23.1 Å². The third-order valence-electron chi connectivity index (χ3n) is 3.98. The van der Waals surface area contributed by atoms with Gasteiger partial charge in [0.2, 0.25) is 5.91 Å². The van der Waals surface area contributed by atoms with Crippen molar-refractivity contribution >= 4 is 27.4 Å². The number of aryl methyl sites for hydroxylation is 2. The molecule has 0 saturated heterocycles. The smallest absolute Gasteiger partial charge is 0.337 e. The monoisotopic (exact) mass is 375 g/mol. The molecule has 1 amide bonds. The molecule has 0 atom stereocenters. The topological polar surface area (TPSA) is 101 Å². The Morgan fingerprint density at radius 2 is 1.73 bits per heavy atom. The molecule has 0 aliphatic carbocycles. The van der Waals surface area contributed by atoms with Crippen LogP contribution in [0.25, 0.3) is 0 Å². The van der Waals surface area contributed by atoms with E-state index in [1.54, 1.807) is 38.1 Å². The van der Waals surface area contributed by atoms with Crippen molar-refractivity contribution in [1.29, 1.82) is 0 Å². The van der Waals surface area contributed by atoms with E-state index >= 15 is 0 Å². The summed E-state index contributed by atoms with van der Waals surface area (Å²) < 4.78 is 23.6. The summed E-state index contributed by atoms with van der Waals surface area (Å²) in [7, 11) is -3.24.